The highest BCUT2D eigenvalue weighted by Crippen LogP contribution is 2.27. The Morgan fingerprint density at radius 1 is 1.44 bits per heavy atom. The average Bonchev–Trinajstić information content (AvgIpc) is 2.86. The number of esters is 1. The molecule has 0 aromatic rings. The van der Waals surface area contributed by atoms with Crippen molar-refractivity contribution in [1.29, 1.82) is 0 Å². The molecule has 102 valence electrons. The molecule has 0 aromatic carbocycles. The second kappa shape index (κ2) is 7.90. The second-order valence-corrected chi connectivity index (χ2v) is 4.86. The van der Waals surface area contributed by atoms with Gasteiger partial charge in [0.15, 0.2) is 0 Å². The van der Waals surface area contributed by atoms with Gasteiger partial charge in [-0.3, -0.25) is 4.79 Å². The fourth-order valence-electron chi connectivity index (χ4n) is 2.41. The van der Waals surface area contributed by atoms with Crippen molar-refractivity contribution in [3.8, 4) is 0 Å². The normalized spacial score (nSPS) is 17.2. The fourth-order valence-corrected chi connectivity index (χ4v) is 2.41. The lowest BCUT2D eigenvalue weighted by atomic mass is 10.0. The van der Waals surface area contributed by atoms with Gasteiger partial charge >= 0.3 is 5.97 Å². The number of rotatable bonds is 7. The molecule has 1 aliphatic carbocycles. The summed E-state index contributed by atoms with van der Waals surface area (Å²) in [6, 6.07) is -0.540. The number of ether oxygens (including phenoxy) is 1. The van der Waals surface area contributed by atoms with Crippen LogP contribution in [0.4, 0.5) is 0 Å². The highest BCUT2D eigenvalue weighted by Gasteiger charge is 2.23. The Balaban J connectivity index is 2.39. The van der Waals surface area contributed by atoms with E-state index < -0.39 is 6.04 Å². The Labute approximate surface area is 109 Å². The molecule has 0 bridgehead atoms. The molecular weight excluding hydrogens is 230 g/mol. The molecule has 0 spiro atoms. The number of hydrogen-bond donors (Lipinski definition) is 1. The predicted molar refractivity (Wildman–Crippen MR) is 70.0 cm³/mol. The van der Waals surface area contributed by atoms with Crippen molar-refractivity contribution < 1.29 is 14.3 Å². The van der Waals surface area contributed by atoms with Gasteiger partial charge in [-0.1, -0.05) is 18.9 Å². The third kappa shape index (κ3) is 4.90. The van der Waals surface area contributed by atoms with Crippen LogP contribution in [0, 0.1) is 5.92 Å². The van der Waals surface area contributed by atoms with E-state index in [0.29, 0.717) is 25.2 Å². The zero-order valence-electron chi connectivity index (χ0n) is 11.1. The Morgan fingerprint density at radius 2 is 2.11 bits per heavy atom. The first kappa shape index (κ1) is 14.7. The zero-order chi connectivity index (χ0) is 13.4. The number of hydrogen-bond acceptors (Lipinski definition) is 3. The summed E-state index contributed by atoms with van der Waals surface area (Å²) in [4.78, 5) is 23.4. The standard InChI is InChI=1S/C14H23NO3/c1-3-4-9-12(14(17)18-2)15-13(16)10-11-7-5-6-8-11/h3,11-12H,1,4-10H2,2H3,(H,15,16)/t12-/m0/s1. The van der Waals surface area contributed by atoms with E-state index in [4.69, 9.17) is 4.74 Å². The molecule has 0 radical (unpaired) electrons. The molecule has 1 amide bonds. The van der Waals surface area contributed by atoms with Crippen LogP contribution in [0.3, 0.4) is 0 Å². The molecule has 1 aliphatic rings. The van der Waals surface area contributed by atoms with Crippen LogP contribution >= 0.6 is 0 Å². The van der Waals surface area contributed by atoms with Gasteiger partial charge in [-0.2, -0.15) is 0 Å². The maximum atomic E-state index is 11.8. The van der Waals surface area contributed by atoms with E-state index >= 15 is 0 Å². The molecule has 18 heavy (non-hydrogen) atoms. The molecule has 1 N–H and O–H groups in total. The molecule has 4 nitrogen and oxygen atoms in total. The molecule has 4 heteroatoms. The minimum absolute atomic E-state index is 0.0404. The molecule has 0 heterocycles. The third-order valence-corrected chi connectivity index (χ3v) is 3.43. The average molecular weight is 253 g/mol. The molecule has 0 aromatic heterocycles. The van der Waals surface area contributed by atoms with Crippen molar-refractivity contribution in [3.05, 3.63) is 12.7 Å². The van der Waals surface area contributed by atoms with E-state index in [-0.39, 0.29) is 11.9 Å². The van der Waals surface area contributed by atoms with Crippen LogP contribution in [-0.2, 0) is 14.3 Å². The number of methoxy groups -OCH3 is 1. The van der Waals surface area contributed by atoms with Gasteiger partial charge < -0.3 is 10.1 Å². The van der Waals surface area contributed by atoms with Crippen molar-refractivity contribution in [2.45, 2.75) is 51.0 Å². The van der Waals surface area contributed by atoms with Crippen LogP contribution in [0.5, 0.6) is 0 Å². The summed E-state index contributed by atoms with van der Waals surface area (Å²) < 4.78 is 4.69. The smallest absolute Gasteiger partial charge is 0.328 e. The van der Waals surface area contributed by atoms with E-state index in [2.05, 4.69) is 11.9 Å². The highest BCUT2D eigenvalue weighted by atomic mass is 16.5. The van der Waals surface area contributed by atoms with Gasteiger partial charge in [0.05, 0.1) is 7.11 Å². The lowest BCUT2D eigenvalue weighted by Gasteiger charge is -2.17. The summed E-state index contributed by atoms with van der Waals surface area (Å²) in [6.07, 6.45) is 8.19. The van der Waals surface area contributed by atoms with Crippen molar-refractivity contribution in [1.82, 2.24) is 5.32 Å². The molecule has 1 atom stereocenters. The minimum Gasteiger partial charge on any atom is -0.467 e. The molecule has 1 fully saturated rings. The number of allylic oxidation sites excluding steroid dienone is 1. The van der Waals surface area contributed by atoms with Gasteiger partial charge in [0.1, 0.15) is 6.04 Å². The highest BCUT2D eigenvalue weighted by molar-refractivity contribution is 5.84. The maximum absolute atomic E-state index is 11.8. The lowest BCUT2D eigenvalue weighted by Crippen LogP contribution is -2.41. The largest absolute Gasteiger partial charge is 0.467 e. The van der Waals surface area contributed by atoms with E-state index in [9.17, 15) is 9.59 Å². The Bertz CT molecular complexity index is 295. The van der Waals surface area contributed by atoms with Crippen LogP contribution in [0.1, 0.15) is 44.9 Å². The second-order valence-electron chi connectivity index (χ2n) is 4.86. The van der Waals surface area contributed by atoms with Crippen molar-refractivity contribution >= 4 is 11.9 Å². The fraction of sp³-hybridized carbons (Fsp3) is 0.714. The summed E-state index contributed by atoms with van der Waals surface area (Å²) in [7, 11) is 1.34. The SMILES string of the molecule is C=CCC[C@H](NC(=O)CC1CCCC1)C(=O)OC. The lowest BCUT2D eigenvalue weighted by molar-refractivity contribution is -0.145. The third-order valence-electron chi connectivity index (χ3n) is 3.43. The Morgan fingerprint density at radius 3 is 2.67 bits per heavy atom. The Hall–Kier alpha value is -1.32. The zero-order valence-corrected chi connectivity index (χ0v) is 11.1. The number of nitrogens with one attached hydrogen (secondary N) is 1. The predicted octanol–water partition coefficient (Wildman–Crippen LogP) is 2.19. The Kier molecular flexibility index (Phi) is 6.47. The summed E-state index contributed by atoms with van der Waals surface area (Å²) in [5.74, 6) is 0.0701. The first-order valence-corrected chi connectivity index (χ1v) is 6.65. The van der Waals surface area contributed by atoms with Crippen molar-refractivity contribution in [2.24, 2.45) is 5.92 Å². The molecular formula is C14H23NO3. The minimum atomic E-state index is -0.540. The van der Waals surface area contributed by atoms with Crippen molar-refractivity contribution in [3.63, 3.8) is 0 Å². The number of amides is 1. The number of carbonyl (C=O) groups is 2. The van der Waals surface area contributed by atoms with E-state index in [1.807, 2.05) is 0 Å². The summed E-state index contributed by atoms with van der Waals surface area (Å²) in [5.41, 5.74) is 0. The van der Waals surface area contributed by atoms with Gasteiger partial charge in [0.2, 0.25) is 5.91 Å². The van der Waals surface area contributed by atoms with E-state index in [1.54, 1.807) is 6.08 Å². The van der Waals surface area contributed by atoms with Crippen molar-refractivity contribution in [2.75, 3.05) is 7.11 Å². The molecule has 1 rings (SSSR count). The maximum Gasteiger partial charge on any atom is 0.328 e. The summed E-state index contributed by atoms with van der Waals surface area (Å²) >= 11 is 0. The van der Waals surface area contributed by atoms with E-state index in [1.165, 1.54) is 20.0 Å². The van der Waals surface area contributed by atoms with E-state index in [0.717, 1.165) is 12.8 Å². The molecule has 0 unspecified atom stereocenters. The van der Waals surface area contributed by atoms with Gasteiger partial charge in [0, 0.05) is 6.42 Å². The topological polar surface area (TPSA) is 55.4 Å². The van der Waals surface area contributed by atoms with Crippen LogP contribution in [0.25, 0.3) is 0 Å². The van der Waals surface area contributed by atoms with Gasteiger partial charge in [-0.25, -0.2) is 4.79 Å². The first-order valence-electron chi connectivity index (χ1n) is 6.65. The quantitative estimate of drug-likeness (QED) is 0.559. The number of carbonyl (C=O) groups excluding carboxylic acids is 2. The van der Waals surface area contributed by atoms with Gasteiger partial charge in [0.25, 0.3) is 0 Å². The van der Waals surface area contributed by atoms with Crippen LogP contribution < -0.4 is 5.32 Å². The van der Waals surface area contributed by atoms with Gasteiger partial charge in [-0.15, -0.1) is 6.58 Å². The van der Waals surface area contributed by atoms with Crippen LogP contribution in [-0.4, -0.2) is 25.0 Å². The van der Waals surface area contributed by atoms with Crippen LogP contribution in [0.15, 0.2) is 12.7 Å². The van der Waals surface area contributed by atoms with Gasteiger partial charge in [-0.05, 0) is 31.6 Å². The van der Waals surface area contributed by atoms with Crippen LogP contribution in [0.2, 0.25) is 0 Å². The molecule has 0 saturated heterocycles. The monoisotopic (exact) mass is 253 g/mol. The summed E-state index contributed by atoms with van der Waals surface area (Å²) in [6.45, 7) is 3.62. The molecule has 0 aliphatic heterocycles. The summed E-state index contributed by atoms with van der Waals surface area (Å²) in [5, 5.41) is 2.77. The molecule has 1 saturated carbocycles. The first-order chi connectivity index (χ1) is 8.67.